The molecule has 0 saturated carbocycles. The Morgan fingerprint density at radius 3 is 2.20 bits per heavy atom. The first-order valence-electron chi connectivity index (χ1n) is 6.10. The predicted molar refractivity (Wildman–Crippen MR) is 78.7 cm³/mol. The number of nitrogens with zero attached hydrogens (tertiary/aromatic N) is 1. The molecule has 1 aliphatic rings. The summed E-state index contributed by atoms with van der Waals surface area (Å²) in [5, 5.41) is 0.253. The van der Waals surface area contributed by atoms with E-state index in [9.17, 15) is 8.42 Å². The highest BCUT2D eigenvalue weighted by Crippen LogP contribution is 2.30. The molecule has 0 saturated heterocycles. The van der Waals surface area contributed by atoms with Gasteiger partial charge in [0.1, 0.15) is 0 Å². The van der Waals surface area contributed by atoms with Gasteiger partial charge >= 0.3 is 0 Å². The molecule has 1 aliphatic heterocycles. The molecule has 0 atom stereocenters. The average molecular weight is 309 g/mol. The standard InChI is InChI=1S/C14H13ClN2O2S/c15-13-7-12(5-6-14(13)16)20(18,19)17-8-10-3-1-2-4-11(10)9-17/h1-7H,8-9,16H2. The number of hydrogen-bond acceptors (Lipinski definition) is 3. The Morgan fingerprint density at radius 2 is 1.65 bits per heavy atom. The lowest BCUT2D eigenvalue weighted by Gasteiger charge is -2.16. The highest BCUT2D eigenvalue weighted by atomic mass is 35.5. The molecule has 1 heterocycles. The molecule has 6 heteroatoms. The van der Waals surface area contributed by atoms with Gasteiger partial charge in [-0.3, -0.25) is 0 Å². The first-order valence-corrected chi connectivity index (χ1v) is 7.92. The van der Waals surface area contributed by atoms with Crippen LogP contribution in [0.2, 0.25) is 5.02 Å². The Morgan fingerprint density at radius 1 is 1.05 bits per heavy atom. The normalized spacial score (nSPS) is 15.2. The largest absolute Gasteiger partial charge is 0.398 e. The van der Waals surface area contributed by atoms with E-state index in [0.717, 1.165) is 11.1 Å². The maximum atomic E-state index is 12.6. The summed E-state index contributed by atoms with van der Waals surface area (Å²) in [6, 6.07) is 12.1. The van der Waals surface area contributed by atoms with Crippen LogP contribution < -0.4 is 5.73 Å². The fourth-order valence-electron chi connectivity index (χ4n) is 2.29. The van der Waals surface area contributed by atoms with E-state index in [2.05, 4.69) is 0 Å². The average Bonchev–Trinajstić information content (AvgIpc) is 2.86. The van der Waals surface area contributed by atoms with Gasteiger partial charge in [-0.05, 0) is 29.3 Å². The van der Waals surface area contributed by atoms with E-state index in [1.165, 1.54) is 22.5 Å². The Hall–Kier alpha value is -1.56. The maximum absolute atomic E-state index is 12.6. The number of benzene rings is 2. The lowest BCUT2D eigenvalue weighted by atomic mass is 10.1. The molecule has 2 aromatic rings. The lowest BCUT2D eigenvalue weighted by molar-refractivity contribution is 0.431. The van der Waals surface area contributed by atoms with Gasteiger partial charge in [0.25, 0.3) is 0 Å². The maximum Gasteiger partial charge on any atom is 0.243 e. The Kier molecular flexibility index (Phi) is 3.20. The first-order chi connectivity index (χ1) is 9.48. The summed E-state index contributed by atoms with van der Waals surface area (Å²) in [6.07, 6.45) is 0. The zero-order chi connectivity index (χ0) is 14.3. The minimum atomic E-state index is -3.55. The third-order valence-corrected chi connectivity index (χ3v) is 5.54. The fourth-order valence-corrected chi connectivity index (χ4v) is 3.96. The van der Waals surface area contributed by atoms with Crippen molar-refractivity contribution in [1.82, 2.24) is 4.31 Å². The van der Waals surface area contributed by atoms with Crippen LogP contribution in [-0.2, 0) is 23.1 Å². The van der Waals surface area contributed by atoms with Crippen LogP contribution in [0.5, 0.6) is 0 Å². The molecular formula is C14H13ClN2O2S. The summed E-state index contributed by atoms with van der Waals surface area (Å²) < 4.78 is 26.6. The second-order valence-corrected chi connectivity index (χ2v) is 7.07. The van der Waals surface area contributed by atoms with Gasteiger partial charge in [-0.25, -0.2) is 8.42 Å². The highest BCUT2D eigenvalue weighted by molar-refractivity contribution is 7.89. The number of hydrogen-bond donors (Lipinski definition) is 1. The van der Waals surface area contributed by atoms with E-state index >= 15 is 0 Å². The molecule has 0 spiro atoms. The SMILES string of the molecule is Nc1ccc(S(=O)(=O)N2Cc3ccccc3C2)cc1Cl. The van der Waals surface area contributed by atoms with E-state index < -0.39 is 10.0 Å². The second kappa shape index (κ2) is 4.77. The fraction of sp³-hybridized carbons (Fsp3) is 0.143. The van der Waals surface area contributed by atoms with Crippen molar-refractivity contribution in [3.8, 4) is 0 Å². The minimum absolute atomic E-state index is 0.171. The molecule has 0 aliphatic carbocycles. The van der Waals surface area contributed by atoms with E-state index in [4.69, 9.17) is 17.3 Å². The molecule has 0 aromatic heterocycles. The van der Waals surface area contributed by atoms with E-state index in [0.29, 0.717) is 18.8 Å². The summed E-state index contributed by atoms with van der Waals surface area (Å²) in [6.45, 7) is 0.779. The van der Waals surface area contributed by atoms with Gasteiger partial charge < -0.3 is 5.73 Å². The summed E-state index contributed by atoms with van der Waals surface area (Å²) in [5.74, 6) is 0. The molecule has 0 amide bonds. The van der Waals surface area contributed by atoms with Crippen molar-refractivity contribution < 1.29 is 8.42 Å². The second-order valence-electron chi connectivity index (χ2n) is 4.73. The summed E-state index contributed by atoms with van der Waals surface area (Å²) >= 11 is 5.91. The number of fused-ring (bicyclic) bond motifs is 1. The molecular weight excluding hydrogens is 296 g/mol. The number of halogens is 1. The van der Waals surface area contributed by atoms with Crippen LogP contribution >= 0.6 is 11.6 Å². The molecule has 0 unspecified atom stereocenters. The van der Waals surface area contributed by atoms with Crippen LogP contribution in [0, 0.1) is 0 Å². The zero-order valence-electron chi connectivity index (χ0n) is 10.6. The smallest absolute Gasteiger partial charge is 0.243 e. The number of nitrogen functional groups attached to an aromatic ring is 1. The van der Waals surface area contributed by atoms with Crippen LogP contribution in [0.25, 0.3) is 0 Å². The molecule has 3 rings (SSSR count). The van der Waals surface area contributed by atoms with Crippen molar-refractivity contribution in [1.29, 1.82) is 0 Å². The van der Waals surface area contributed by atoms with Gasteiger partial charge in [0, 0.05) is 13.1 Å². The first kappa shape index (κ1) is 13.4. The van der Waals surface area contributed by atoms with Crippen LogP contribution in [0.1, 0.15) is 11.1 Å². The van der Waals surface area contributed by atoms with Crippen molar-refractivity contribution in [2.24, 2.45) is 0 Å². The van der Waals surface area contributed by atoms with E-state index in [1.807, 2.05) is 24.3 Å². The zero-order valence-corrected chi connectivity index (χ0v) is 12.2. The van der Waals surface area contributed by atoms with Gasteiger partial charge in [0.05, 0.1) is 15.6 Å². The Balaban J connectivity index is 1.96. The topological polar surface area (TPSA) is 63.4 Å². The number of sulfonamides is 1. The number of nitrogens with two attached hydrogens (primary N) is 1. The van der Waals surface area contributed by atoms with Gasteiger partial charge in [-0.15, -0.1) is 0 Å². The predicted octanol–water partition coefficient (Wildman–Crippen LogP) is 2.63. The van der Waals surface area contributed by atoms with E-state index in [1.54, 1.807) is 0 Å². The molecule has 2 N–H and O–H groups in total. The quantitative estimate of drug-likeness (QED) is 0.867. The Bertz CT molecular complexity index is 749. The van der Waals surface area contributed by atoms with Crippen LogP contribution in [-0.4, -0.2) is 12.7 Å². The number of anilines is 1. The van der Waals surface area contributed by atoms with Crippen molar-refractivity contribution in [2.45, 2.75) is 18.0 Å². The van der Waals surface area contributed by atoms with Crippen molar-refractivity contribution in [2.75, 3.05) is 5.73 Å². The molecule has 0 radical (unpaired) electrons. The molecule has 104 valence electrons. The van der Waals surface area contributed by atoms with Crippen LogP contribution in [0.15, 0.2) is 47.4 Å². The molecule has 20 heavy (non-hydrogen) atoms. The lowest BCUT2D eigenvalue weighted by Crippen LogP contribution is -2.25. The van der Waals surface area contributed by atoms with E-state index in [-0.39, 0.29) is 9.92 Å². The van der Waals surface area contributed by atoms with Gasteiger partial charge in [-0.1, -0.05) is 35.9 Å². The number of rotatable bonds is 2. The van der Waals surface area contributed by atoms with Crippen LogP contribution in [0.4, 0.5) is 5.69 Å². The van der Waals surface area contributed by atoms with Gasteiger partial charge in [0.15, 0.2) is 0 Å². The van der Waals surface area contributed by atoms with Gasteiger partial charge in [0.2, 0.25) is 10.0 Å². The van der Waals surface area contributed by atoms with Crippen LogP contribution in [0.3, 0.4) is 0 Å². The molecule has 4 nitrogen and oxygen atoms in total. The monoisotopic (exact) mass is 308 g/mol. The summed E-state index contributed by atoms with van der Waals surface area (Å²) in [5.41, 5.74) is 8.06. The Labute approximate surface area is 122 Å². The highest BCUT2D eigenvalue weighted by Gasteiger charge is 2.30. The summed E-state index contributed by atoms with van der Waals surface area (Å²) in [7, 11) is -3.55. The minimum Gasteiger partial charge on any atom is -0.398 e. The molecule has 0 bridgehead atoms. The van der Waals surface area contributed by atoms with Gasteiger partial charge in [-0.2, -0.15) is 4.31 Å². The van der Waals surface area contributed by atoms with Crippen molar-refractivity contribution in [3.05, 3.63) is 58.6 Å². The third kappa shape index (κ3) is 2.18. The molecule has 0 fully saturated rings. The van der Waals surface area contributed by atoms with Crippen molar-refractivity contribution >= 4 is 27.3 Å². The third-order valence-electron chi connectivity index (χ3n) is 3.42. The summed E-state index contributed by atoms with van der Waals surface area (Å²) in [4.78, 5) is 0.171. The van der Waals surface area contributed by atoms with Crippen molar-refractivity contribution in [3.63, 3.8) is 0 Å². The molecule has 2 aromatic carbocycles.